The molecule has 1 heterocycles. The van der Waals surface area contributed by atoms with Crippen molar-refractivity contribution in [3.8, 4) is 0 Å². The van der Waals surface area contributed by atoms with E-state index < -0.39 is 0 Å². The van der Waals surface area contributed by atoms with Crippen LogP contribution in [0.5, 0.6) is 0 Å². The number of aryl methyl sites for hydroxylation is 2. The van der Waals surface area contributed by atoms with Crippen LogP contribution in [0.25, 0.3) is 0 Å². The molecule has 1 N–H and O–H groups in total. The maximum atomic E-state index is 13.8. The minimum absolute atomic E-state index is 0.183. The zero-order valence-electron chi connectivity index (χ0n) is 12.3. The van der Waals surface area contributed by atoms with Crippen LogP contribution in [0.2, 0.25) is 0 Å². The van der Waals surface area contributed by atoms with E-state index in [2.05, 4.69) is 17.2 Å². The summed E-state index contributed by atoms with van der Waals surface area (Å²) in [6.45, 7) is 4.76. The molecule has 21 heavy (non-hydrogen) atoms. The third-order valence-electron chi connectivity index (χ3n) is 3.40. The van der Waals surface area contributed by atoms with E-state index in [0.717, 1.165) is 27.7 Å². The van der Waals surface area contributed by atoms with Gasteiger partial charge >= 0.3 is 0 Å². The van der Waals surface area contributed by atoms with Gasteiger partial charge in [0.2, 0.25) is 0 Å². The molecule has 2 nitrogen and oxygen atoms in total. The zero-order chi connectivity index (χ0) is 14.8. The largest absolute Gasteiger partial charge is 0.310 e. The first-order chi connectivity index (χ1) is 10.1. The van der Waals surface area contributed by atoms with Gasteiger partial charge in [0.25, 0.3) is 0 Å². The van der Waals surface area contributed by atoms with Gasteiger partial charge in [0.15, 0.2) is 0 Å². The van der Waals surface area contributed by atoms with E-state index in [1.54, 1.807) is 12.1 Å². The Morgan fingerprint density at radius 3 is 2.71 bits per heavy atom. The lowest BCUT2D eigenvalue weighted by molar-refractivity contribution is 0.615. The summed E-state index contributed by atoms with van der Waals surface area (Å²) in [7, 11) is 0. The molecule has 0 unspecified atom stereocenters. The smallest absolute Gasteiger partial charge is 0.124 e. The first-order valence-electron chi connectivity index (χ1n) is 7.24. The monoisotopic (exact) mass is 302 g/mol. The first kappa shape index (κ1) is 14.5. The van der Waals surface area contributed by atoms with Gasteiger partial charge in [-0.3, -0.25) is 0 Å². The Hall–Kier alpha value is -1.39. The van der Waals surface area contributed by atoms with Crippen LogP contribution in [0.3, 0.4) is 0 Å². The Bertz CT molecular complexity index is 633. The Morgan fingerprint density at radius 1 is 1.19 bits per heavy atom. The molecule has 0 atom stereocenters. The zero-order valence-corrected chi connectivity index (χ0v) is 13.1. The topological polar surface area (TPSA) is 24.9 Å². The predicted octanol–water partition coefficient (Wildman–Crippen LogP) is 4.24. The van der Waals surface area contributed by atoms with Crippen molar-refractivity contribution in [3.05, 3.63) is 53.0 Å². The molecule has 0 aliphatic heterocycles. The predicted molar refractivity (Wildman–Crippen MR) is 84.1 cm³/mol. The molecule has 1 aromatic heterocycles. The van der Waals surface area contributed by atoms with E-state index in [1.165, 1.54) is 30.2 Å². The van der Waals surface area contributed by atoms with Crippen molar-refractivity contribution in [3.63, 3.8) is 0 Å². The number of hydrogen-bond donors (Lipinski definition) is 1. The van der Waals surface area contributed by atoms with E-state index in [9.17, 15) is 4.39 Å². The average molecular weight is 302 g/mol. The van der Waals surface area contributed by atoms with Crippen LogP contribution < -0.4 is 5.32 Å². The highest BCUT2D eigenvalue weighted by Crippen LogP contribution is 2.29. The second-order valence-electron chi connectivity index (χ2n) is 5.68. The molecule has 1 aromatic carbocycles. The van der Waals surface area contributed by atoms with Crippen LogP contribution in [0.15, 0.2) is 40.3 Å². The number of pyridine rings is 1. The van der Waals surface area contributed by atoms with Crippen LogP contribution in [-0.2, 0) is 6.54 Å². The molecule has 1 aliphatic rings. The van der Waals surface area contributed by atoms with Gasteiger partial charge in [-0.15, -0.1) is 0 Å². The molecule has 2 aromatic rings. The molecule has 1 fully saturated rings. The van der Waals surface area contributed by atoms with Crippen molar-refractivity contribution in [2.45, 2.75) is 49.2 Å². The minimum Gasteiger partial charge on any atom is -0.310 e. The molecule has 4 heteroatoms. The lowest BCUT2D eigenvalue weighted by atomic mass is 10.2. The average Bonchev–Trinajstić information content (AvgIpc) is 3.18. The Morgan fingerprint density at radius 2 is 2.00 bits per heavy atom. The molecule has 0 saturated heterocycles. The summed E-state index contributed by atoms with van der Waals surface area (Å²) >= 11 is 1.52. The number of hydrogen-bond acceptors (Lipinski definition) is 3. The quantitative estimate of drug-likeness (QED) is 0.894. The lowest BCUT2D eigenvalue weighted by Crippen LogP contribution is -2.15. The SMILES string of the molecule is Cc1cc(C)nc(Sc2cc(F)cc(CNC3CC3)c2)c1. The molecule has 0 radical (unpaired) electrons. The second-order valence-corrected chi connectivity index (χ2v) is 6.77. The fourth-order valence-corrected chi connectivity index (χ4v) is 3.37. The number of nitrogens with one attached hydrogen (secondary N) is 1. The third-order valence-corrected chi connectivity index (χ3v) is 4.29. The van der Waals surface area contributed by atoms with E-state index >= 15 is 0 Å². The molecule has 1 saturated carbocycles. The van der Waals surface area contributed by atoms with Gasteiger partial charge < -0.3 is 5.32 Å². The molecular weight excluding hydrogens is 283 g/mol. The van der Waals surface area contributed by atoms with Crippen LogP contribution in [0, 0.1) is 19.7 Å². The van der Waals surface area contributed by atoms with Gasteiger partial charge in [-0.05, 0) is 68.1 Å². The molecule has 3 rings (SSSR count). The van der Waals surface area contributed by atoms with Crippen molar-refractivity contribution in [2.75, 3.05) is 0 Å². The highest BCUT2D eigenvalue weighted by atomic mass is 32.2. The van der Waals surface area contributed by atoms with Crippen LogP contribution in [0.4, 0.5) is 4.39 Å². The van der Waals surface area contributed by atoms with Crippen LogP contribution in [0.1, 0.15) is 29.7 Å². The second kappa shape index (κ2) is 6.16. The van der Waals surface area contributed by atoms with Gasteiger partial charge in [0.1, 0.15) is 10.8 Å². The normalized spacial score (nSPS) is 14.4. The molecule has 1 aliphatic carbocycles. The maximum absolute atomic E-state index is 13.8. The maximum Gasteiger partial charge on any atom is 0.124 e. The fraction of sp³-hybridized carbons (Fsp3) is 0.353. The van der Waals surface area contributed by atoms with Crippen molar-refractivity contribution in [1.82, 2.24) is 10.3 Å². The summed E-state index contributed by atoms with van der Waals surface area (Å²) in [5.74, 6) is -0.183. The summed E-state index contributed by atoms with van der Waals surface area (Å²) in [5, 5.41) is 4.33. The molecule has 0 spiro atoms. The highest BCUT2D eigenvalue weighted by Gasteiger charge is 2.20. The van der Waals surface area contributed by atoms with Crippen LogP contribution in [-0.4, -0.2) is 11.0 Å². The summed E-state index contributed by atoms with van der Waals surface area (Å²) in [6.07, 6.45) is 2.48. The minimum atomic E-state index is -0.183. The van der Waals surface area contributed by atoms with Crippen molar-refractivity contribution >= 4 is 11.8 Å². The van der Waals surface area contributed by atoms with Gasteiger partial charge in [-0.1, -0.05) is 11.8 Å². The summed E-state index contributed by atoms with van der Waals surface area (Å²) in [5.41, 5.74) is 3.16. The molecular formula is C17H19FN2S. The van der Waals surface area contributed by atoms with Gasteiger partial charge in [-0.2, -0.15) is 0 Å². The first-order valence-corrected chi connectivity index (χ1v) is 8.06. The number of halogens is 1. The summed E-state index contributed by atoms with van der Waals surface area (Å²) < 4.78 is 13.8. The van der Waals surface area contributed by atoms with Crippen LogP contribution >= 0.6 is 11.8 Å². The van der Waals surface area contributed by atoms with Crippen molar-refractivity contribution in [1.29, 1.82) is 0 Å². The molecule has 0 bridgehead atoms. The van der Waals surface area contributed by atoms with E-state index in [1.807, 2.05) is 25.1 Å². The van der Waals surface area contributed by atoms with E-state index in [-0.39, 0.29) is 5.82 Å². The fourth-order valence-electron chi connectivity index (χ4n) is 2.31. The van der Waals surface area contributed by atoms with Crippen molar-refractivity contribution < 1.29 is 4.39 Å². The Labute approximate surface area is 129 Å². The van der Waals surface area contributed by atoms with Gasteiger partial charge in [-0.25, -0.2) is 9.37 Å². The number of nitrogens with zero attached hydrogens (tertiary/aromatic N) is 1. The number of benzene rings is 1. The summed E-state index contributed by atoms with van der Waals surface area (Å²) in [4.78, 5) is 5.40. The molecule has 0 amide bonds. The van der Waals surface area contributed by atoms with Crippen molar-refractivity contribution in [2.24, 2.45) is 0 Å². The van der Waals surface area contributed by atoms with Gasteiger partial charge in [0.05, 0.1) is 0 Å². The standard InChI is InChI=1S/C17H19FN2S/c1-11-5-12(2)20-17(6-11)21-16-8-13(7-14(18)9-16)10-19-15-3-4-15/h5-9,15,19H,3-4,10H2,1-2H3. The van der Waals surface area contributed by atoms with Gasteiger partial charge in [0, 0.05) is 23.2 Å². The van der Waals surface area contributed by atoms with E-state index in [4.69, 9.17) is 0 Å². The summed E-state index contributed by atoms with van der Waals surface area (Å²) in [6, 6.07) is 9.93. The Kier molecular flexibility index (Phi) is 4.27. The lowest BCUT2D eigenvalue weighted by Gasteiger charge is -2.08. The highest BCUT2D eigenvalue weighted by molar-refractivity contribution is 7.99. The van der Waals surface area contributed by atoms with E-state index in [0.29, 0.717) is 6.04 Å². The number of aromatic nitrogens is 1. The molecule has 110 valence electrons. The Balaban J connectivity index is 1.76. The third kappa shape index (κ3) is 4.29. The number of rotatable bonds is 5.